The van der Waals surface area contributed by atoms with E-state index in [4.69, 9.17) is 0 Å². The van der Waals surface area contributed by atoms with Gasteiger partial charge in [0, 0.05) is 30.2 Å². The van der Waals surface area contributed by atoms with Crippen LogP contribution < -0.4 is 21.2 Å². The van der Waals surface area contributed by atoms with Crippen molar-refractivity contribution in [3.63, 3.8) is 0 Å². The zero-order valence-corrected chi connectivity index (χ0v) is 19.3. The van der Waals surface area contributed by atoms with E-state index >= 15 is 0 Å². The molecule has 0 atom stereocenters. The normalized spacial score (nSPS) is 11.5. The fraction of sp³-hybridized carbons (Fsp3) is 0.0400. The molecule has 180 valence electrons. The smallest absolute Gasteiger partial charge is 0.126 e. The van der Waals surface area contributed by atoms with Gasteiger partial charge in [-0.2, -0.15) is 0 Å². The van der Waals surface area contributed by atoms with Crippen LogP contribution in [0.4, 0.5) is 35.1 Å². The molecule has 0 amide bonds. The van der Waals surface area contributed by atoms with Crippen molar-refractivity contribution in [2.45, 2.75) is 0 Å². The fourth-order valence-electron chi connectivity index (χ4n) is 3.55. The summed E-state index contributed by atoms with van der Waals surface area (Å²) >= 11 is 0. The van der Waals surface area contributed by atoms with Gasteiger partial charge in [0.1, 0.15) is 46.5 Å². The van der Waals surface area contributed by atoms with Crippen LogP contribution in [0.25, 0.3) is 0 Å². The van der Waals surface area contributed by atoms with E-state index in [0.29, 0.717) is 24.3 Å². The molecule has 4 aromatic carbocycles. The highest BCUT2D eigenvalue weighted by atomic mass is 31.2. The summed E-state index contributed by atoms with van der Waals surface area (Å²) in [6.45, 7) is 0. The van der Waals surface area contributed by atoms with E-state index in [1.165, 1.54) is 0 Å². The first kappa shape index (κ1) is 25.3. The molecular weight excluding hydrogens is 514 g/mol. The molecule has 0 fully saturated rings. The van der Waals surface area contributed by atoms with Crippen LogP contribution in [0.5, 0.6) is 0 Å². The molecule has 0 aliphatic rings. The molecule has 0 aliphatic heterocycles. The molecule has 0 bridgehead atoms. The van der Waals surface area contributed by atoms with Gasteiger partial charge in [0.25, 0.3) is 0 Å². The molecule has 35 heavy (non-hydrogen) atoms. The first-order valence-corrected chi connectivity index (χ1v) is 13.0. The van der Waals surface area contributed by atoms with E-state index in [2.05, 4.69) is 0 Å². The van der Waals surface area contributed by atoms with Crippen molar-refractivity contribution in [1.29, 1.82) is 0 Å². The van der Waals surface area contributed by atoms with Gasteiger partial charge < -0.3 is 0 Å². The predicted octanol–water partition coefficient (Wildman–Crippen LogP) is 6.32. The maximum absolute atomic E-state index is 14.1. The van der Waals surface area contributed by atoms with Gasteiger partial charge in [-0.25, -0.2) is 35.1 Å². The molecule has 0 aliphatic carbocycles. The predicted molar refractivity (Wildman–Crippen MR) is 123 cm³/mol. The number of hydrogen-bond donors (Lipinski definition) is 0. The molecular formula is C25H14F8P2. The molecule has 0 N–H and O–H groups in total. The Hall–Kier alpha value is -2.82. The third-order valence-electron chi connectivity index (χ3n) is 4.92. The van der Waals surface area contributed by atoms with Gasteiger partial charge >= 0.3 is 0 Å². The Labute approximate surface area is 197 Å². The van der Waals surface area contributed by atoms with Gasteiger partial charge in [0.05, 0.1) is 0 Å². The minimum Gasteiger partial charge on any atom is -0.207 e. The summed E-state index contributed by atoms with van der Waals surface area (Å²) in [6.07, 6.45) is 0. The molecule has 0 aromatic heterocycles. The lowest BCUT2D eigenvalue weighted by atomic mass is 10.3. The van der Waals surface area contributed by atoms with Crippen molar-refractivity contribution in [3.05, 3.63) is 119 Å². The maximum Gasteiger partial charge on any atom is 0.126 e. The molecule has 0 spiro atoms. The molecule has 0 saturated carbocycles. The summed E-state index contributed by atoms with van der Waals surface area (Å²) in [5.41, 5.74) is 0. The second-order valence-corrected chi connectivity index (χ2v) is 12.4. The SMILES string of the molecule is Fc1cc(F)cc(P(CP(c2cc(F)cc(F)c2)c2cc(F)cc(F)c2)c2cc(F)cc(F)c2)c1. The summed E-state index contributed by atoms with van der Waals surface area (Å²) in [5.74, 6) is -7.70. The van der Waals surface area contributed by atoms with Crippen LogP contribution in [0.15, 0.2) is 72.8 Å². The molecule has 0 unspecified atom stereocenters. The van der Waals surface area contributed by atoms with Crippen LogP contribution in [-0.2, 0) is 0 Å². The van der Waals surface area contributed by atoms with Crippen molar-refractivity contribution in [1.82, 2.24) is 0 Å². The Morgan fingerprint density at radius 3 is 0.657 bits per heavy atom. The standard InChI is InChI=1S/C25H14F8P2/c26-14-1-15(27)6-22(5-14)34(23-7-16(28)2-17(29)8-23)13-35(24-9-18(30)3-19(31)10-24)25-11-20(32)4-21(33)12-25/h1-12H,13H2. The van der Waals surface area contributed by atoms with Gasteiger partial charge in [-0.15, -0.1) is 0 Å². The lowest BCUT2D eigenvalue weighted by Gasteiger charge is -2.26. The van der Waals surface area contributed by atoms with Crippen LogP contribution in [0.2, 0.25) is 0 Å². The molecule has 0 nitrogen and oxygen atoms in total. The van der Waals surface area contributed by atoms with Gasteiger partial charge in [-0.1, -0.05) is 0 Å². The molecule has 0 saturated heterocycles. The molecule has 4 rings (SSSR count). The first-order valence-electron chi connectivity index (χ1n) is 9.97. The Morgan fingerprint density at radius 2 is 0.486 bits per heavy atom. The van der Waals surface area contributed by atoms with Gasteiger partial charge in [0.15, 0.2) is 0 Å². The summed E-state index contributed by atoms with van der Waals surface area (Å²) in [5, 5.41) is 0.181. The largest absolute Gasteiger partial charge is 0.207 e. The van der Waals surface area contributed by atoms with Crippen molar-refractivity contribution in [3.8, 4) is 0 Å². The molecule has 0 radical (unpaired) electrons. The van der Waals surface area contributed by atoms with Crippen molar-refractivity contribution < 1.29 is 35.1 Å². The van der Waals surface area contributed by atoms with Crippen molar-refractivity contribution in [2.75, 3.05) is 5.90 Å². The van der Waals surface area contributed by atoms with Crippen LogP contribution >= 0.6 is 15.8 Å². The highest BCUT2D eigenvalue weighted by Crippen LogP contribution is 2.49. The number of rotatable bonds is 6. The Bertz CT molecular complexity index is 1100. The summed E-state index contributed by atoms with van der Waals surface area (Å²) < 4.78 is 113. The van der Waals surface area contributed by atoms with E-state index in [0.717, 1.165) is 48.5 Å². The number of halogens is 8. The minimum absolute atomic E-state index is 0.0451. The second-order valence-electron chi connectivity index (χ2n) is 7.51. The third kappa shape index (κ3) is 6.25. The Morgan fingerprint density at radius 1 is 0.314 bits per heavy atom. The van der Waals surface area contributed by atoms with E-state index in [1.54, 1.807) is 0 Å². The quantitative estimate of drug-likeness (QED) is 0.203. The average molecular weight is 528 g/mol. The third-order valence-corrected chi connectivity index (χ3v) is 10.7. The Balaban J connectivity index is 1.92. The lowest BCUT2D eigenvalue weighted by molar-refractivity contribution is 0.584. The Kier molecular flexibility index (Phi) is 7.53. The zero-order chi connectivity index (χ0) is 25.3. The van der Waals surface area contributed by atoms with E-state index in [1.807, 2.05) is 0 Å². The van der Waals surface area contributed by atoms with Crippen LogP contribution in [0, 0.1) is 46.5 Å². The molecule has 10 heteroatoms. The van der Waals surface area contributed by atoms with Gasteiger partial charge in [0.2, 0.25) is 0 Å². The first-order chi connectivity index (χ1) is 16.6. The second kappa shape index (κ2) is 10.4. The molecule has 0 heterocycles. The number of hydrogen-bond acceptors (Lipinski definition) is 0. The highest BCUT2D eigenvalue weighted by Gasteiger charge is 2.26. The summed E-state index contributed by atoms with van der Waals surface area (Å²) in [4.78, 5) is 0. The fourth-order valence-corrected chi connectivity index (χ4v) is 10.1. The summed E-state index contributed by atoms with van der Waals surface area (Å²) in [6, 6.07) is 10.4. The maximum atomic E-state index is 14.1. The van der Waals surface area contributed by atoms with Crippen LogP contribution in [0.3, 0.4) is 0 Å². The monoisotopic (exact) mass is 528 g/mol. The lowest BCUT2D eigenvalue weighted by Crippen LogP contribution is -2.22. The van der Waals surface area contributed by atoms with E-state index in [9.17, 15) is 35.1 Å². The van der Waals surface area contributed by atoms with Crippen LogP contribution in [-0.4, -0.2) is 5.90 Å². The van der Waals surface area contributed by atoms with Gasteiger partial charge in [-0.05, 0) is 85.6 Å². The van der Waals surface area contributed by atoms with Crippen LogP contribution in [0.1, 0.15) is 0 Å². The highest BCUT2D eigenvalue weighted by molar-refractivity contribution is 7.88. The number of benzene rings is 4. The van der Waals surface area contributed by atoms with Crippen molar-refractivity contribution in [2.24, 2.45) is 0 Å². The minimum atomic E-state index is -1.96. The average Bonchev–Trinajstić information content (AvgIpc) is 2.71. The molecule has 4 aromatic rings. The van der Waals surface area contributed by atoms with E-state index in [-0.39, 0.29) is 27.1 Å². The zero-order valence-electron chi connectivity index (χ0n) is 17.6. The van der Waals surface area contributed by atoms with Crippen molar-refractivity contribution >= 4 is 37.1 Å². The topological polar surface area (TPSA) is 0 Å². The van der Waals surface area contributed by atoms with Gasteiger partial charge in [-0.3, -0.25) is 0 Å². The summed E-state index contributed by atoms with van der Waals surface area (Å²) in [7, 11) is -3.92. The van der Waals surface area contributed by atoms with E-state index < -0.39 is 62.4 Å².